The van der Waals surface area contributed by atoms with Gasteiger partial charge in [0, 0.05) is 11.2 Å². The lowest BCUT2D eigenvalue weighted by atomic mass is 9.84. The van der Waals surface area contributed by atoms with Gasteiger partial charge >= 0.3 is 0 Å². The minimum Gasteiger partial charge on any atom is -0.392 e. The molecule has 0 saturated heterocycles. The molecule has 1 aliphatic rings. The molecule has 3 heteroatoms. The Balaban J connectivity index is 2.44. The van der Waals surface area contributed by atoms with Crippen LogP contribution in [0.25, 0.3) is 0 Å². The van der Waals surface area contributed by atoms with E-state index in [1.54, 1.807) is 0 Å². The van der Waals surface area contributed by atoms with E-state index in [1.165, 1.54) is 31.0 Å². The Hall–Kier alpha value is -0.0200. The summed E-state index contributed by atoms with van der Waals surface area (Å²) in [5, 5.41) is 10.4. The van der Waals surface area contributed by atoms with E-state index in [2.05, 4.69) is 20.8 Å². The van der Waals surface area contributed by atoms with Crippen molar-refractivity contribution in [3.8, 4) is 0 Å². The Morgan fingerprint density at radius 3 is 2.16 bits per heavy atom. The van der Waals surface area contributed by atoms with Crippen molar-refractivity contribution in [3.05, 3.63) is 0 Å². The summed E-state index contributed by atoms with van der Waals surface area (Å²) in [5.41, 5.74) is 0. The van der Waals surface area contributed by atoms with Crippen LogP contribution in [0.5, 0.6) is 0 Å². The second-order valence-electron chi connectivity index (χ2n) is 5.89. The molecule has 0 amide bonds. The molecule has 0 spiro atoms. The fourth-order valence-corrected chi connectivity index (χ4v) is 4.28. The molecule has 19 heavy (non-hydrogen) atoms. The zero-order valence-corrected chi connectivity index (χ0v) is 13.6. The first kappa shape index (κ1) is 17.0. The number of aliphatic hydroxyl groups excluding tert-OH is 1. The van der Waals surface area contributed by atoms with Gasteiger partial charge in [0.25, 0.3) is 0 Å². The van der Waals surface area contributed by atoms with Gasteiger partial charge in [-0.25, -0.2) is 0 Å². The zero-order valence-electron chi connectivity index (χ0n) is 12.8. The third-order valence-corrected chi connectivity index (χ3v) is 6.53. The molecule has 1 atom stereocenters. The maximum Gasteiger partial charge on any atom is 0.192 e. The van der Waals surface area contributed by atoms with E-state index in [1.807, 2.05) is 0 Å². The predicted octanol–water partition coefficient (Wildman–Crippen LogP) is 4.55. The molecule has 112 valence electrons. The Kier molecular flexibility index (Phi) is 7.45. The van der Waals surface area contributed by atoms with Crippen molar-refractivity contribution in [3.63, 3.8) is 0 Å². The Labute approximate surface area is 122 Å². The van der Waals surface area contributed by atoms with Crippen LogP contribution < -0.4 is 0 Å². The van der Waals surface area contributed by atoms with Crippen molar-refractivity contribution in [1.82, 2.24) is 0 Å². The number of aliphatic hydroxyl groups is 1. The number of rotatable bonds is 7. The summed E-state index contributed by atoms with van der Waals surface area (Å²) in [7, 11) is 0. The van der Waals surface area contributed by atoms with Gasteiger partial charge in [-0.1, -0.05) is 51.8 Å². The van der Waals surface area contributed by atoms with Crippen LogP contribution in [0.15, 0.2) is 0 Å². The van der Waals surface area contributed by atoms with Gasteiger partial charge in [0.05, 0.1) is 6.10 Å². The van der Waals surface area contributed by atoms with E-state index in [9.17, 15) is 9.90 Å². The molecule has 1 N–H and O–H groups in total. The lowest BCUT2D eigenvalue weighted by Gasteiger charge is -2.30. The van der Waals surface area contributed by atoms with Crippen LogP contribution >= 0.6 is 11.8 Å². The lowest BCUT2D eigenvalue weighted by molar-refractivity contribution is -0.113. The predicted molar refractivity (Wildman–Crippen MR) is 83.4 cm³/mol. The van der Waals surface area contributed by atoms with E-state index in [0.29, 0.717) is 12.3 Å². The maximum absolute atomic E-state index is 12.2. The van der Waals surface area contributed by atoms with Gasteiger partial charge in [0.1, 0.15) is 0 Å². The van der Waals surface area contributed by atoms with Gasteiger partial charge in [-0.3, -0.25) is 4.79 Å². The molecule has 1 fully saturated rings. The van der Waals surface area contributed by atoms with Crippen LogP contribution in [0, 0.1) is 5.92 Å². The summed E-state index contributed by atoms with van der Waals surface area (Å²) < 4.78 is 0.0867. The Morgan fingerprint density at radius 2 is 1.68 bits per heavy atom. The van der Waals surface area contributed by atoms with Crippen LogP contribution in [-0.2, 0) is 4.79 Å². The molecule has 1 rings (SSSR count). The van der Waals surface area contributed by atoms with E-state index < -0.39 is 6.10 Å². The number of hydrogen-bond donors (Lipinski definition) is 1. The van der Waals surface area contributed by atoms with Gasteiger partial charge in [-0.15, -0.1) is 0 Å². The quantitative estimate of drug-likeness (QED) is 0.746. The van der Waals surface area contributed by atoms with E-state index in [4.69, 9.17) is 0 Å². The van der Waals surface area contributed by atoms with Crippen molar-refractivity contribution in [2.45, 2.75) is 89.4 Å². The fraction of sp³-hybridized carbons (Fsp3) is 0.938. The molecule has 0 radical (unpaired) electrons. The summed E-state index contributed by atoms with van der Waals surface area (Å²) in [6.45, 7) is 6.47. The van der Waals surface area contributed by atoms with Crippen LogP contribution in [0.3, 0.4) is 0 Å². The summed E-state index contributed by atoms with van der Waals surface area (Å²) in [5.74, 6) is 0.359. The molecule has 0 aromatic heterocycles. The third kappa shape index (κ3) is 5.11. The van der Waals surface area contributed by atoms with E-state index in [-0.39, 0.29) is 9.86 Å². The Bertz CT molecular complexity index is 260. The summed E-state index contributed by atoms with van der Waals surface area (Å²) in [6.07, 6.45) is 8.91. The minimum atomic E-state index is -0.413. The molecule has 0 unspecified atom stereocenters. The largest absolute Gasteiger partial charge is 0.392 e. The monoisotopic (exact) mass is 286 g/mol. The van der Waals surface area contributed by atoms with Gasteiger partial charge in [-0.2, -0.15) is 0 Å². The topological polar surface area (TPSA) is 37.3 Å². The van der Waals surface area contributed by atoms with Crippen molar-refractivity contribution in [2.24, 2.45) is 5.92 Å². The number of thioether (sulfide) groups is 1. The first-order chi connectivity index (χ1) is 9.06. The molecule has 0 aliphatic heterocycles. The van der Waals surface area contributed by atoms with Crippen LogP contribution in [0.4, 0.5) is 0 Å². The van der Waals surface area contributed by atoms with Gasteiger partial charge in [0.15, 0.2) is 5.12 Å². The number of hydrogen-bond acceptors (Lipinski definition) is 3. The molecule has 0 heterocycles. The van der Waals surface area contributed by atoms with Gasteiger partial charge in [0.2, 0.25) is 0 Å². The highest BCUT2D eigenvalue weighted by atomic mass is 32.2. The summed E-state index contributed by atoms with van der Waals surface area (Å²) >= 11 is 1.49. The normalized spacial score (nSPS) is 19.4. The molecular formula is C16H30O2S. The number of carbonyl (C=O) groups excluding carboxylic acids is 1. The lowest BCUT2D eigenvalue weighted by Crippen LogP contribution is -2.28. The molecule has 1 saturated carbocycles. The third-order valence-electron chi connectivity index (χ3n) is 4.83. The Morgan fingerprint density at radius 1 is 1.16 bits per heavy atom. The molecule has 2 nitrogen and oxygen atoms in total. The fourth-order valence-electron chi connectivity index (χ4n) is 3.11. The van der Waals surface area contributed by atoms with Gasteiger partial charge < -0.3 is 5.11 Å². The molecule has 0 aromatic carbocycles. The first-order valence-electron chi connectivity index (χ1n) is 7.96. The summed E-state index contributed by atoms with van der Waals surface area (Å²) in [6, 6.07) is 0. The molecule has 0 bridgehead atoms. The second-order valence-corrected chi connectivity index (χ2v) is 7.41. The smallest absolute Gasteiger partial charge is 0.192 e. The highest BCUT2D eigenvalue weighted by Gasteiger charge is 2.30. The van der Waals surface area contributed by atoms with Crippen LogP contribution in [-0.4, -0.2) is 21.1 Å². The summed E-state index contributed by atoms with van der Waals surface area (Å²) in [4.78, 5) is 12.2. The SMILES string of the molecule is CCC(CC)(CC)SC(=O)C[C@H](O)C1CCCCC1. The highest BCUT2D eigenvalue weighted by molar-refractivity contribution is 8.14. The van der Waals surface area contributed by atoms with Crippen molar-refractivity contribution >= 4 is 16.9 Å². The van der Waals surface area contributed by atoms with E-state index >= 15 is 0 Å². The maximum atomic E-state index is 12.2. The van der Waals surface area contributed by atoms with Crippen molar-refractivity contribution < 1.29 is 9.90 Å². The average Bonchev–Trinajstić information content (AvgIpc) is 2.46. The standard InChI is InChI=1S/C16H30O2S/c1-4-16(5-2,6-3)19-15(18)12-14(17)13-10-8-7-9-11-13/h13-14,17H,4-12H2,1-3H3/t14-/m0/s1. The number of carbonyl (C=O) groups is 1. The zero-order chi connectivity index (χ0) is 14.3. The second kappa shape index (κ2) is 8.31. The molecule has 0 aromatic rings. The van der Waals surface area contributed by atoms with Gasteiger partial charge in [-0.05, 0) is 38.0 Å². The van der Waals surface area contributed by atoms with Crippen molar-refractivity contribution in [1.29, 1.82) is 0 Å². The molecular weight excluding hydrogens is 256 g/mol. The van der Waals surface area contributed by atoms with Crippen LogP contribution in [0.1, 0.15) is 78.6 Å². The van der Waals surface area contributed by atoms with Crippen LogP contribution in [0.2, 0.25) is 0 Å². The highest BCUT2D eigenvalue weighted by Crippen LogP contribution is 2.38. The average molecular weight is 286 g/mol. The molecule has 1 aliphatic carbocycles. The van der Waals surface area contributed by atoms with E-state index in [0.717, 1.165) is 32.1 Å². The van der Waals surface area contributed by atoms with Crippen molar-refractivity contribution in [2.75, 3.05) is 0 Å². The first-order valence-corrected chi connectivity index (χ1v) is 8.78. The minimum absolute atomic E-state index is 0.0867.